The monoisotopic (exact) mass is 359 g/mol. The highest BCUT2D eigenvalue weighted by atomic mass is 35.5. The fourth-order valence-corrected chi connectivity index (χ4v) is 2.78. The molecule has 0 spiro atoms. The molecular weight excluding hydrogens is 342 g/mol. The lowest BCUT2D eigenvalue weighted by atomic mass is 10.2. The summed E-state index contributed by atoms with van der Waals surface area (Å²) in [4.78, 5) is 36.5. The van der Waals surface area contributed by atoms with Crippen LogP contribution in [-0.2, 0) is 9.59 Å². The minimum atomic E-state index is -0.658. The van der Waals surface area contributed by atoms with Gasteiger partial charge in [0.05, 0.1) is 0 Å². The third-order valence-electron chi connectivity index (χ3n) is 4.04. The molecule has 2 aromatic rings. The molecule has 1 fully saturated rings. The van der Waals surface area contributed by atoms with Gasteiger partial charge >= 0.3 is 11.8 Å². The second-order valence-electron chi connectivity index (χ2n) is 5.74. The van der Waals surface area contributed by atoms with Crippen LogP contribution in [0.1, 0.15) is 5.56 Å². The molecule has 2 heterocycles. The summed E-state index contributed by atoms with van der Waals surface area (Å²) in [7, 11) is 0. The average Bonchev–Trinajstić information content (AvgIpc) is 2.65. The second kappa shape index (κ2) is 7.48. The number of carbonyl (C=O) groups excluding carboxylic acids is 2. The van der Waals surface area contributed by atoms with E-state index in [2.05, 4.69) is 15.3 Å². The maximum atomic E-state index is 12.4. The van der Waals surface area contributed by atoms with Gasteiger partial charge in [0, 0.05) is 49.3 Å². The molecule has 1 saturated heterocycles. The van der Waals surface area contributed by atoms with E-state index in [4.69, 9.17) is 11.6 Å². The molecule has 0 radical (unpaired) electrons. The summed E-state index contributed by atoms with van der Waals surface area (Å²) in [6, 6.07) is 6.92. The van der Waals surface area contributed by atoms with Crippen LogP contribution in [0.4, 0.5) is 11.6 Å². The third-order valence-corrected chi connectivity index (χ3v) is 4.28. The lowest BCUT2D eigenvalue weighted by Crippen LogP contribution is -2.52. The van der Waals surface area contributed by atoms with Gasteiger partial charge in [-0.15, -0.1) is 0 Å². The van der Waals surface area contributed by atoms with Gasteiger partial charge in [-0.3, -0.25) is 9.59 Å². The molecule has 1 N–H and O–H groups in total. The number of anilines is 2. The number of aromatic nitrogens is 2. The number of piperazine rings is 1. The quantitative estimate of drug-likeness (QED) is 0.826. The maximum absolute atomic E-state index is 12.4. The Morgan fingerprint density at radius 2 is 1.80 bits per heavy atom. The summed E-state index contributed by atoms with van der Waals surface area (Å²) in [5.41, 5.74) is 1.39. The summed E-state index contributed by atoms with van der Waals surface area (Å²) >= 11 is 5.94. The van der Waals surface area contributed by atoms with Gasteiger partial charge in [-0.1, -0.05) is 17.7 Å². The van der Waals surface area contributed by atoms with E-state index in [0.717, 1.165) is 5.56 Å². The molecule has 1 aliphatic heterocycles. The van der Waals surface area contributed by atoms with Crippen LogP contribution in [-0.4, -0.2) is 52.9 Å². The summed E-state index contributed by atoms with van der Waals surface area (Å²) in [5.74, 6) is -0.573. The highest BCUT2D eigenvalue weighted by molar-refractivity contribution is 6.39. The number of amides is 2. The van der Waals surface area contributed by atoms with Crippen LogP contribution in [0.15, 0.2) is 36.7 Å². The van der Waals surface area contributed by atoms with Crippen molar-refractivity contribution in [1.29, 1.82) is 0 Å². The molecule has 3 rings (SSSR count). The van der Waals surface area contributed by atoms with Gasteiger partial charge in [0.15, 0.2) is 0 Å². The van der Waals surface area contributed by atoms with Crippen LogP contribution in [0.3, 0.4) is 0 Å². The van der Waals surface area contributed by atoms with Crippen molar-refractivity contribution in [1.82, 2.24) is 14.9 Å². The third kappa shape index (κ3) is 4.06. The van der Waals surface area contributed by atoms with Crippen LogP contribution in [0.5, 0.6) is 0 Å². The minimum absolute atomic E-state index is 0.443. The Hall–Kier alpha value is -2.67. The number of aryl methyl sites for hydroxylation is 1. The van der Waals surface area contributed by atoms with Gasteiger partial charge in [0.2, 0.25) is 5.95 Å². The van der Waals surface area contributed by atoms with Crippen molar-refractivity contribution in [2.24, 2.45) is 0 Å². The van der Waals surface area contributed by atoms with Crippen molar-refractivity contribution < 1.29 is 9.59 Å². The van der Waals surface area contributed by atoms with Crippen molar-refractivity contribution in [3.8, 4) is 0 Å². The maximum Gasteiger partial charge on any atom is 0.313 e. The van der Waals surface area contributed by atoms with Gasteiger partial charge in [-0.25, -0.2) is 9.97 Å². The number of nitrogens with one attached hydrogen (secondary N) is 1. The predicted octanol–water partition coefficient (Wildman–Crippen LogP) is 1.73. The van der Waals surface area contributed by atoms with Crippen molar-refractivity contribution in [3.63, 3.8) is 0 Å². The van der Waals surface area contributed by atoms with E-state index in [0.29, 0.717) is 42.8 Å². The Balaban J connectivity index is 1.58. The number of nitrogens with zero attached hydrogens (tertiary/aromatic N) is 4. The molecule has 0 bridgehead atoms. The Morgan fingerprint density at radius 3 is 2.48 bits per heavy atom. The zero-order chi connectivity index (χ0) is 17.8. The van der Waals surface area contributed by atoms with Gasteiger partial charge in [0.1, 0.15) is 0 Å². The molecule has 0 saturated carbocycles. The molecule has 1 aromatic heterocycles. The molecular formula is C17H18ClN5O2. The highest BCUT2D eigenvalue weighted by Gasteiger charge is 2.27. The van der Waals surface area contributed by atoms with E-state index in [1.54, 1.807) is 36.7 Å². The first-order valence-electron chi connectivity index (χ1n) is 7.93. The molecule has 0 aliphatic carbocycles. The van der Waals surface area contributed by atoms with Gasteiger partial charge in [-0.2, -0.15) is 0 Å². The first-order valence-corrected chi connectivity index (χ1v) is 8.31. The average molecular weight is 360 g/mol. The fourth-order valence-electron chi connectivity index (χ4n) is 2.61. The van der Waals surface area contributed by atoms with Crippen LogP contribution in [0.25, 0.3) is 0 Å². The zero-order valence-electron chi connectivity index (χ0n) is 13.8. The first-order chi connectivity index (χ1) is 12.0. The molecule has 0 atom stereocenters. The Bertz CT molecular complexity index is 776. The van der Waals surface area contributed by atoms with E-state index in [-0.39, 0.29) is 0 Å². The Morgan fingerprint density at radius 1 is 1.12 bits per heavy atom. The lowest BCUT2D eigenvalue weighted by molar-refractivity contribution is -0.143. The van der Waals surface area contributed by atoms with E-state index < -0.39 is 11.8 Å². The SMILES string of the molecule is Cc1ccc(Cl)cc1NC(=O)C(=O)N1CCN(c2ncccn2)CC1. The summed E-state index contributed by atoms with van der Waals surface area (Å²) in [6.45, 7) is 3.89. The summed E-state index contributed by atoms with van der Waals surface area (Å²) < 4.78 is 0. The molecule has 0 unspecified atom stereocenters. The smallest absolute Gasteiger partial charge is 0.313 e. The Labute approximate surface area is 150 Å². The van der Waals surface area contributed by atoms with Crippen molar-refractivity contribution in [3.05, 3.63) is 47.2 Å². The molecule has 25 heavy (non-hydrogen) atoms. The normalized spacial score (nSPS) is 14.3. The highest BCUT2D eigenvalue weighted by Crippen LogP contribution is 2.20. The van der Waals surface area contributed by atoms with E-state index >= 15 is 0 Å². The molecule has 1 aromatic carbocycles. The van der Waals surface area contributed by atoms with Crippen molar-refractivity contribution in [2.45, 2.75) is 6.92 Å². The van der Waals surface area contributed by atoms with E-state index in [1.807, 2.05) is 11.8 Å². The molecule has 2 amide bonds. The lowest BCUT2D eigenvalue weighted by Gasteiger charge is -2.34. The largest absolute Gasteiger partial charge is 0.337 e. The summed E-state index contributed by atoms with van der Waals surface area (Å²) in [5, 5.41) is 3.14. The van der Waals surface area contributed by atoms with E-state index in [1.165, 1.54) is 4.90 Å². The number of rotatable bonds is 2. The van der Waals surface area contributed by atoms with Crippen LogP contribution < -0.4 is 10.2 Å². The van der Waals surface area contributed by atoms with Crippen LogP contribution in [0.2, 0.25) is 5.02 Å². The number of benzene rings is 1. The first kappa shape index (κ1) is 17.2. The number of hydrogen-bond acceptors (Lipinski definition) is 5. The van der Waals surface area contributed by atoms with Gasteiger partial charge in [-0.05, 0) is 30.7 Å². The summed E-state index contributed by atoms with van der Waals surface area (Å²) in [6.07, 6.45) is 3.36. The molecule has 1 aliphatic rings. The predicted molar refractivity (Wildman–Crippen MR) is 95.6 cm³/mol. The van der Waals surface area contributed by atoms with Crippen molar-refractivity contribution in [2.75, 3.05) is 36.4 Å². The zero-order valence-corrected chi connectivity index (χ0v) is 14.5. The second-order valence-corrected chi connectivity index (χ2v) is 6.18. The molecule has 130 valence electrons. The van der Waals surface area contributed by atoms with Crippen molar-refractivity contribution >= 4 is 35.1 Å². The van der Waals surface area contributed by atoms with Gasteiger partial charge in [0.25, 0.3) is 0 Å². The Kier molecular flexibility index (Phi) is 5.14. The number of halogens is 1. The van der Waals surface area contributed by atoms with E-state index in [9.17, 15) is 9.59 Å². The molecule has 8 heteroatoms. The molecule has 7 nitrogen and oxygen atoms in total. The topological polar surface area (TPSA) is 78.4 Å². The fraction of sp³-hybridized carbons (Fsp3) is 0.294. The minimum Gasteiger partial charge on any atom is -0.337 e. The van der Waals surface area contributed by atoms with Crippen LogP contribution >= 0.6 is 11.6 Å². The van der Waals surface area contributed by atoms with Crippen LogP contribution in [0, 0.1) is 6.92 Å². The number of carbonyl (C=O) groups is 2. The standard InChI is InChI=1S/C17H18ClN5O2/c1-12-3-4-13(18)11-14(12)21-15(24)16(25)22-7-9-23(10-8-22)17-19-5-2-6-20-17/h2-6,11H,7-10H2,1H3,(H,21,24). The van der Waals surface area contributed by atoms with Gasteiger partial charge < -0.3 is 15.1 Å². The number of hydrogen-bond donors (Lipinski definition) is 1.